The zero-order chi connectivity index (χ0) is 14.3. The van der Waals surface area contributed by atoms with Crippen molar-refractivity contribution in [2.75, 3.05) is 7.11 Å². The van der Waals surface area contributed by atoms with Crippen molar-refractivity contribution in [3.05, 3.63) is 35.4 Å². The summed E-state index contributed by atoms with van der Waals surface area (Å²) < 4.78 is 4.66. The normalized spacial score (nSPS) is 12.8. The van der Waals surface area contributed by atoms with Gasteiger partial charge in [0.05, 0.1) is 30.7 Å². The van der Waals surface area contributed by atoms with Crippen LogP contribution in [-0.4, -0.2) is 13.1 Å². The molecule has 1 rings (SSSR count). The average Bonchev–Trinajstić information content (AvgIpc) is 2.47. The number of nitrogens with zero attached hydrogens (tertiary/aromatic N) is 2. The van der Waals surface area contributed by atoms with E-state index in [1.165, 1.54) is 7.11 Å². The first-order valence-electron chi connectivity index (χ1n) is 6.13. The molecular weight excluding hydrogens is 240 g/mol. The molecule has 0 N–H and O–H groups in total. The van der Waals surface area contributed by atoms with E-state index in [-0.39, 0.29) is 18.3 Å². The van der Waals surface area contributed by atoms with Gasteiger partial charge in [-0.15, -0.1) is 0 Å². The van der Waals surface area contributed by atoms with Crippen molar-refractivity contribution >= 4 is 5.97 Å². The van der Waals surface area contributed by atoms with Crippen LogP contribution in [0.15, 0.2) is 24.3 Å². The van der Waals surface area contributed by atoms with Crippen molar-refractivity contribution in [3.8, 4) is 12.1 Å². The number of methoxy groups -OCH3 is 1. The molecule has 4 nitrogen and oxygen atoms in total. The van der Waals surface area contributed by atoms with Crippen LogP contribution >= 0.6 is 0 Å². The van der Waals surface area contributed by atoms with Crippen LogP contribution in [0.2, 0.25) is 0 Å². The lowest BCUT2D eigenvalue weighted by Crippen LogP contribution is -2.17. The fourth-order valence-corrected chi connectivity index (χ4v) is 2.09. The van der Waals surface area contributed by atoms with E-state index >= 15 is 0 Å². The Morgan fingerprint density at radius 3 is 2.58 bits per heavy atom. The lowest BCUT2D eigenvalue weighted by molar-refractivity contribution is -0.141. The molecule has 0 saturated carbocycles. The van der Waals surface area contributed by atoms with Crippen molar-refractivity contribution in [1.82, 2.24) is 0 Å². The first kappa shape index (κ1) is 14.7. The Labute approximate surface area is 113 Å². The molecule has 0 saturated heterocycles. The number of esters is 1. The number of carbonyl (C=O) groups excluding carboxylic acids is 1. The summed E-state index contributed by atoms with van der Waals surface area (Å²) in [6.07, 6.45) is 0.859. The summed E-state index contributed by atoms with van der Waals surface area (Å²) in [4.78, 5) is 11.4. The number of nitriles is 2. The molecule has 98 valence electrons. The predicted molar refractivity (Wildman–Crippen MR) is 69.9 cm³/mol. The molecule has 0 spiro atoms. The van der Waals surface area contributed by atoms with E-state index in [2.05, 4.69) is 16.9 Å². The van der Waals surface area contributed by atoms with E-state index in [9.17, 15) is 10.1 Å². The van der Waals surface area contributed by atoms with E-state index in [1.807, 2.05) is 6.92 Å². The van der Waals surface area contributed by atoms with E-state index in [1.54, 1.807) is 24.3 Å². The number of rotatable bonds is 5. The maximum atomic E-state index is 11.4. The Kier molecular flexibility index (Phi) is 5.57. The van der Waals surface area contributed by atoms with Crippen LogP contribution in [0.4, 0.5) is 0 Å². The van der Waals surface area contributed by atoms with Crippen LogP contribution in [0.1, 0.15) is 36.8 Å². The highest BCUT2D eigenvalue weighted by molar-refractivity contribution is 5.69. The fourth-order valence-electron chi connectivity index (χ4n) is 2.09. The summed E-state index contributed by atoms with van der Waals surface area (Å²) in [5, 5.41) is 18.5. The largest absolute Gasteiger partial charge is 0.469 e. The molecule has 0 radical (unpaired) electrons. The SMILES string of the molecule is CCC(CC(=O)OC)C(C#N)c1ccccc1C#N. The van der Waals surface area contributed by atoms with Crippen LogP contribution in [0.5, 0.6) is 0 Å². The minimum Gasteiger partial charge on any atom is -0.469 e. The number of ether oxygens (including phenoxy) is 1. The van der Waals surface area contributed by atoms with E-state index in [4.69, 9.17) is 5.26 Å². The molecule has 0 amide bonds. The monoisotopic (exact) mass is 256 g/mol. The molecule has 2 atom stereocenters. The molecule has 2 unspecified atom stereocenters. The highest BCUT2D eigenvalue weighted by Crippen LogP contribution is 2.31. The molecule has 1 aromatic carbocycles. The van der Waals surface area contributed by atoms with Gasteiger partial charge in [-0.05, 0) is 17.5 Å². The Bertz CT molecular complexity index is 526. The number of benzene rings is 1. The van der Waals surface area contributed by atoms with Gasteiger partial charge >= 0.3 is 5.97 Å². The molecular formula is C15H16N2O2. The predicted octanol–water partition coefficient (Wildman–Crippen LogP) is 2.75. The second-order valence-corrected chi connectivity index (χ2v) is 4.25. The van der Waals surface area contributed by atoms with Gasteiger partial charge in [0, 0.05) is 6.42 Å². The molecule has 0 aliphatic rings. The van der Waals surface area contributed by atoms with Gasteiger partial charge in [-0.2, -0.15) is 10.5 Å². The average molecular weight is 256 g/mol. The lowest BCUT2D eigenvalue weighted by atomic mass is 9.81. The smallest absolute Gasteiger partial charge is 0.305 e. The zero-order valence-corrected chi connectivity index (χ0v) is 11.1. The maximum Gasteiger partial charge on any atom is 0.305 e. The van der Waals surface area contributed by atoms with E-state index < -0.39 is 5.92 Å². The maximum absolute atomic E-state index is 11.4. The number of hydrogen-bond donors (Lipinski definition) is 0. The Balaban J connectivity index is 3.08. The van der Waals surface area contributed by atoms with E-state index in [0.717, 1.165) is 0 Å². The molecule has 0 heterocycles. The molecule has 0 fully saturated rings. The van der Waals surface area contributed by atoms with Crippen molar-refractivity contribution in [3.63, 3.8) is 0 Å². The standard InChI is InChI=1S/C15H16N2O2/c1-3-11(8-15(18)19-2)14(10-17)13-7-5-4-6-12(13)9-16/h4-7,11,14H,3,8H2,1-2H3. The zero-order valence-electron chi connectivity index (χ0n) is 11.1. The third kappa shape index (κ3) is 3.56. The Morgan fingerprint density at radius 1 is 1.37 bits per heavy atom. The summed E-state index contributed by atoms with van der Waals surface area (Å²) in [7, 11) is 1.33. The van der Waals surface area contributed by atoms with Crippen LogP contribution in [-0.2, 0) is 9.53 Å². The molecule has 0 bridgehead atoms. The molecule has 19 heavy (non-hydrogen) atoms. The van der Waals surface area contributed by atoms with Gasteiger partial charge in [0.15, 0.2) is 0 Å². The molecule has 0 aliphatic heterocycles. The molecule has 1 aromatic rings. The molecule has 0 aliphatic carbocycles. The van der Waals surface area contributed by atoms with Crippen molar-refractivity contribution in [1.29, 1.82) is 10.5 Å². The molecule has 4 heteroatoms. The van der Waals surface area contributed by atoms with Crippen LogP contribution in [0.3, 0.4) is 0 Å². The van der Waals surface area contributed by atoms with Gasteiger partial charge in [0.2, 0.25) is 0 Å². The Morgan fingerprint density at radius 2 is 2.05 bits per heavy atom. The summed E-state index contributed by atoms with van der Waals surface area (Å²) in [5.74, 6) is -0.951. The van der Waals surface area contributed by atoms with Gasteiger partial charge < -0.3 is 4.74 Å². The van der Waals surface area contributed by atoms with Gasteiger partial charge in [-0.25, -0.2) is 0 Å². The second-order valence-electron chi connectivity index (χ2n) is 4.25. The highest BCUT2D eigenvalue weighted by Gasteiger charge is 2.26. The highest BCUT2D eigenvalue weighted by atomic mass is 16.5. The number of hydrogen-bond acceptors (Lipinski definition) is 4. The summed E-state index contributed by atoms with van der Waals surface area (Å²) in [5.41, 5.74) is 1.17. The van der Waals surface area contributed by atoms with Gasteiger partial charge in [0.25, 0.3) is 0 Å². The topological polar surface area (TPSA) is 73.9 Å². The summed E-state index contributed by atoms with van der Waals surface area (Å²) in [6, 6.07) is 11.3. The second kappa shape index (κ2) is 7.18. The lowest BCUT2D eigenvalue weighted by Gasteiger charge is -2.20. The van der Waals surface area contributed by atoms with Gasteiger partial charge in [-0.3, -0.25) is 4.79 Å². The minimum absolute atomic E-state index is 0.146. The molecule has 0 aromatic heterocycles. The van der Waals surface area contributed by atoms with Crippen LogP contribution in [0, 0.1) is 28.6 Å². The number of carbonyl (C=O) groups is 1. The van der Waals surface area contributed by atoms with E-state index in [0.29, 0.717) is 17.5 Å². The first-order chi connectivity index (χ1) is 9.17. The fraction of sp³-hybridized carbons (Fsp3) is 0.400. The van der Waals surface area contributed by atoms with Gasteiger partial charge in [0.1, 0.15) is 0 Å². The van der Waals surface area contributed by atoms with Crippen LogP contribution < -0.4 is 0 Å². The van der Waals surface area contributed by atoms with Gasteiger partial charge in [-0.1, -0.05) is 31.5 Å². The van der Waals surface area contributed by atoms with Crippen LogP contribution in [0.25, 0.3) is 0 Å². The third-order valence-electron chi connectivity index (χ3n) is 3.21. The first-order valence-corrected chi connectivity index (χ1v) is 6.13. The Hall–Kier alpha value is -2.33. The van der Waals surface area contributed by atoms with Crippen molar-refractivity contribution < 1.29 is 9.53 Å². The quantitative estimate of drug-likeness (QED) is 0.759. The van der Waals surface area contributed by atoms with Crippen molar-refractivity contribution in [2.24, 2.45) is 5.92 Å². The summed E-state index contributed by atoms with van der Waals surface area (Å²) >= 11 is 0. The minimum atomic E-state index is -0.472. The summed E-state index contributed by atoms with van der Waals surface area (Å²) in [6.45, 7) is 1.92. The third-order valence-corrected chi connectivity index (χ3v) is 3.21. The van der Waals surface area contributed by atoms with Crippen molar-refractivity contribution in [2.45, 2.75) is 25.7 Å².